The molecule has 0 heterocycles. The van der Waals surface area contributed by atoms with Crippen LogP contribution in [0.5, 0.6) is 0 Å². The second-order valence-corrected chi connectivity index (χ2v) is 6.30. The van der Waals surface area contributed by atoms with Crippen molar-refractivity contribution in [2.24, 2.45) is 0 Å². The summed E-state index contributed by atoms with van der Waals surface area (Å²) in [6.45, 7) is 0. The number of rotatable bonds is 2. The fourth-order valence-electron chi connectivity index (χ4n) is 2.74. The molecule has 1 fully saturated rings. The summed E-state index contributed by atoms with van der Waals surface area (Å²) in [5.41, 5.74) is -0.468. The average molecular weight is 325 g/mol. The standard InChI is InChI=1S/C16H18Cl2N2O/c17-13-8-6-7-12(14(13)18)15(21)20-16(11-19)9-4-2-1-3-5-10-16/h6-8H,1-5,9-10H2,(H,20,21). The van der Waals surface area contributed by atoms with Crippen molar-refractivity contribution in [3.8, 4) is 6.07 Å². The maximum Gasteiger partial charge on any atom is 0.254 e. The van der Waals surface area contributed by atoms with Crippen LogP contribution in [0.25, 0.3) is 0 Å². The molecule has 112 valence electrons. The minimum atomic E-state index is -0.789. The molecule has 0 atom stereocenters. The lowest BCUT2D eigenvalue weighted by molar-refractivity contribution is 0.0908. The van der Waals surface area contributed by atoms with E-state index in [-0.39, 0.29) is 10.9 Å². The maximum absolute atomic E-state index is 12.4. The second kappa shape index (κ2) is 7.15. The van der Waals surface area contributed by atoms with Crippen molar-refractivity contribution in [3.63, 3.8) is 0 Å². The molecule has 1 aliphatic rings. The number of carbonyl (C=O) groups is 1. The molecule has 3 nitrogen and oxygen atoms in total. The summed E-state index contributed by atoms with van der Waals surface area (Å²) in [6, 6.07) is 7.25. The molecule has 0 spiro atoms. The van der Waals surface area contributed by atoms with Gasteiger partial charge >= 0.3 is 0 Å². The summed E-state index contributed by atoms with van der Waals surface area (Å²) in [7, 11) is 0. The van der Waals surface area contributed by atoms with Crippen LogP contribution in [0.2, 0.25) is 10.0 Å². The maximum atomic E-state index is 12.4. The number of benzene rings is 1. The van der Waals surface area contributed by atoms with E-state index in [9.17, 15) is 10.1 Å². The van der Waals surface area contributed by atoms with Crippen LogP contribution >= 0.6 is 23.2 Å². The third-order valence-corrected chi connectivity index (χ3v) is 4.79. The van der Waals surface area contributed by atoms with E-state index in [0.717, 1.165) is 25.7 Å². The van der Waals surface area contributed by atoms with Crippen molar-refractivity contribution in [1.82, 2.24) is 5.32 Å². The van der Waals surface area contributed by atoms with Gasteiger partial charge in [-0.2, -0.15) is 5.26 Å². The Balaban J connectivity index is 2.19. The summed E-state index contributed by atoms with van der Waals surface area (Å²) in [5, 5.41) is 13.0. The highest BCUT2D eigenvalue weighted by molar-refractivity contribution is 6.43. The zero-order chi connectivity index (χ0) is 15.3. The van der Waals surface area contributed by atoms with E-state index in [4.69, 9.17) is 23.2 Å². The van der Waals surface area contributed by atoms with Crippen LogP contribution < -0.4 is 5.32 Å². The van der Waals surface area contributed by atoms with Gasteiger partial charge < -0.3 is 5.32 Å². The first kappa shape index (κ1) is 16.1. The van der Waals surface area contributed by atoms with Crippen molar-refractivity contribution in [1.29, 1.82) is 5.26 Å². The number of hydrogen-bond acceptors (Lipinski definition) is 2. The van der Waals surface area contributed by atoms with Gasteiger partial charge in [-0.1, -0.05) is 61.4 Å². The zero-order valence-electron chi connectivity index (χ0n) is 11.8. The fraction of sp³-hybridized carbons (Fsp3) is 0.500. The van der Waals surface area contributed by atoms with E-state index >= 15 is 0 Å². The number of halogens is 2. The molecule has 0 aromatic heterocycles. The molecule has 1 amide bonds. The Morgan fingerprint density at radius 1 is 1.14 bits per heavy atom. The van der Waals surface area contributed by atoms with E-state index in [1.165, 1.54) is 6.42 Å². The summed E-state index contributed by atoms with van der Waals surface area (Å²) in [5.74, 6) is -0.329. The second-order valence-electron chi connectivity index (χ2n) is 5.52. The van der Waals surface area contributed by atoms with Crippen molar-refractivity contribution in [2.75, 3.05) is 0 Å². The van der Waals surface area contributed by atoms with Gasteiger partial charge in [-0.05, 0) is 25.0 Å². The molecular formula is C16H18Cl2N2O. The topological polar surface area (TPSA) is 52.9 Å². The van der Waals surface area contributed by atoms with Gasteiger partial charge in [0.25, 0.3) is 5.91 Å². The Morgan fingerprint density at radius 2 is 1.76 bits per heavy atom. The Labute approximate surface area is 135 Å². The number of nitriles is 1. The van der Waals surface area contributed by atoms with E-state index in [0.29, 0.717) is 23.4 Å². The van der Waals surface area contributed by atoms with Gasteiger partial charge in [0.05, 0.1) is 21.7 Å². The largest absolute Gasteiger partial charge is 0.334 e. The lowest BCUT2D eigenvalue weighted by Gasteiger charge is -2.29. The summed E-state index contributed by atoms with van der Waals surface area (Å²) in [4.78, 5) is 12.4. The summed E-state index contributed by atoms with van der Waals surface area (Å²) < 4.78 is 0. The summed E-state index contributed by atoms with van der Waals surface area (Å²) in [6.07, 6.45) is 6.71. The SMILES string of the molecule is N#CC1(NC(=O)c2cccc(Cl)c2Cl)CCCCCCC1. The number of hydrogen-bond donors (Lipinski definition) is 1. The molecule has 2 rings (SSSR count). The van der Waals surface area contributed by atoms with Crippen LogP contribution in [0, 0.1) is 11.3 Å². The van der Waals surface area contributed by atoms with Gasteiger partial charge in [0.1, 0.15) is 5.54 Å². The smallest absolute Gasteiger partial charge is 0.254 e. The van der Waals surface area contributed by atoms with Gasteiger partial charge in [0.15, 0.2) is 0 Å². The Hall–Kier alpha value is -1.24. The first-order chi connectivity index (χ1) is 10.1. The van der Waals surface area contributed by atoms with Crippen LogP contribution in [-0.2, 0) is 0 Å². The molecule has 0 bridgehead atoms. The molecule has 1 aromatic carbocycles. The lowest BCUT2D eigenvalue weighted by Crippen LogP contribution is -2.47. The summed E-state index contributed by atoms with van der Waals surface area (Å²) >= 11 is 12.0. The predicted octanol–water partition coefficient (Wildman–Crippen LogP) is 4.73. The normalized spacial score (nSPS) is 18.1. The molecule has 1 saturated carbocycles. The highest BCUT2D eigenvalue weighted by Gasteiger charge is 2.32. The molecule has 0 saturated heterocycles. The molecule has 1 N–H and O–H groups in total. The third kappa shape index (κ3) is 3.90. The van der Waals surface area contributed by atoms with Crippen LogP contribution in [0.15, 0.2) is 18.2 Å². The number of carbonyl (C=O) groups excluding carboxylic acids is 1. The zero-order valence-corrected chi connectivity index (χ0v) is 13.3. The van der Waals surface area contributed by atoms with E-state index in [2.05, 4.69) is 11.4 Å². The number of amides is 1. The quantitative estimate of drug-likeness (QED) is 0.854. The highest BCUT2D eigenvalue weighted by atomic mass is 35.5. The first-order valence-corrected chi connectivity index (χ1v) is 8.01. The first-order valence-electron chi connectivity index (χ1n) is 7.26. The number of nitrogens with zero attached hydrogens (tertiary/aromatic N) is 1. The van der Waals surface area contributed by atoms with Crippen LogP contribution in [0.4, 0.5) is 0 Å². The van der Waals surface area contributed by atoms with E-state index in [1.54, 1.807) is 18.2 Å². The van der Waals surface area contributed by atoms with Crippen LogP contribution in [0.1, 0.15) is 55.3 Å². The van der Waals surface area contributed by atoms with Crippen molar-refractivity contribution in [3.05, 3.63) is 33.8 Å². The minimum absolute atomic E-state index is 0.232. The van der Waals surface area contributed by atoms with Crippen molar-refractivity contribution in [2.45, 2.75) is 50.5 Å². The van der Waals surface area contributed by atoms with Crippen LogP contribution in [0.3, 0.4) is 0 Å². The lowest BCUT2D eigenvalue weighted by atomic mass is 9.85. The predicted molar refractivity (Wildman–Crippen MR) is 84.6 cm³/mol. The van der Waals surface area contributed by atoms with E-state index in [1.807, 2.05) is 0 Å². The third-order valence-electron chi connectivity index (χ3n) is 3.97. The Bertz CT molecular complexity index is 558. The number of nitrogens with one attached hydrogen (secondary N) is 1. The van der Waals surface area contributed by atoms with Gasteiger partial charge in [0, 0.05) is 0 Å². The molecule has 0 radical (unpaired) electrons. The average Bonchev–Trinajstić information content (AvgIpc) is 2.45. The molecular weight excluding hydrogens is 307 g/mol. The van der Waals surface area contributed by atoms with E-state index < -0.39 is 5.54 Å². The van der Waals surface area contributed by atoms with Crippen molar-refractivity contribution < 1.29 is 4.79 Å². The fourth-order valence-corrected chi connectivity index (χ4v) is 3.12. The van der Waals surface area contributed by atoms with Gasteiger partial charge in [0.2, 0.25) is 0 Å². The molecule has 0 aliphatic heterocycles. The van der Waals surface area contributed by atoms with Gasteiger partial charge in [-0.15, -0.1) is 0 Å². The molecule has 1 aromatic rings. The van der Waals surface area contributed by atoms with Gasteiger partial charge in [-0.25, -0.2) is 0 Å². The molecule has 0 unspecified atom stereocenters. The molecule has 5 heteroatoms. The monoisotopic (exact) mass is 324 g/mol. The Morgan fingerprint density at radius 3 is 2.38 bits per heavy atom. The van der Waals surface area contributed by atoms with Crippen molar-refractivity contribution >= 4 is 29.1 Å². The Kier molecular flexibility index (Phi) is 5.50. The molecule has 21 heavy (non-hydrogen) atoms. The molecule has 1 aliphatic carbocycles. The van der Waals surface area contributed by atoms with Crippen LogP contribution in [-0.4, -0.2) is 11.4 Å². The van der Waals surface area contributed by atoms with Gasteiger partial charge in [-0.3, -0.25) is 4.79 Å². The minimum Gasteiger partial charge on any atom is -0.334 e. The highest BCUT2D eigenvalue weighted by Crippen LogP contribution is 2.29.